The van der Waals surface area contributed by atoms with Gasteiger partial charge < -0.3 is 10.1 Å². The zero-order valence-corrected chi connectivity index (χ0v) is 17.2. The average molecular weight is 442 g/mol. The number of anilines is 1. The molecule has 0 atom stereocenters. The zero-order valence-electron chi connectivity index (χ0n) is 15.6. The second-order valence-electron chi connectivity index (χ2n) is 6.09. The fourth-order valence-corrected chi connectivity index (χ4v) is 2.73. The number of rotatable bonds is 6. The van der Waals surface area contributed by atoms with E-state index in [-0.39, 0.29) is 5.02 Å². The van der Waals surface area contributed by atoms with E-state index in [1.165, 1.54) is 24.4 Å². The van der Waals surface area contributed by atoms with Gasteiger partial charge in [0.15, 0.2) is 0 Å². The third-order valence-electron chi connectivity index (χ3n) is 3.91. The Morgan fingerprint density at radius 1 is 0.900 bits per heavy atom. The molecule has 0 aromatic heterocycles. The van der Waals surface area contributed by atoms with Crippen LogP contribution in [0, 0.1) is 0 Å². The Balaban J connectivity index is 1.57. The summed E-state index contributed by atoms with van der Waals surface area (Å²) in [4.78, 5) is 23.9. The lowest BCUT2D eigenvalue weighted by atomic mass is 10.2. The Bertz CT molecular complexity index is 1070. The van der Waals surface area contributed by atoms with E-state index in [1.54, 1.807) is 12.1 Å². The van der Waals surface area contributed by atoms with Crippen molar-refractivity contribution in [2.45, 2.75) is 6.61 Å². The van der Waals surface area contributed by atoms with Crippen LogP contribution in [0.5, 0.6) is 5.75 Å². The van der Waals surface area contributed by atoms with Crippen molar-refractivity contribution >= 4 is 46.9 Å². The number of hydrogen-bond donors (Lipinski definition) is 2. The number of amides is 2. The molecule has 0 aliphatic carbocycles. The summed E-state index contributed by atoms with van der Waals surface area (Å²) >= 11 is 11.7. The summed E-state index contributed by atoms with van der Waals surface area (Å²) in [6, 6.07) is 21.4. The molecule has 8 heteroatoms. The molecule has 0 saturated heterocycles. The molecule has 0 unspecified atom stereocenters. The predicted molar refractivity (Wildman–Crippen MR) is 118 cm³/mol. The fourth-order valence-electron chi connectivity index (χ4n) is 2.43. The summed E-state index contributed by atoms with van der Waals surface area (Å²) < 4.78 is 5.82. The second-order valence-corrected chi connectivity index (χ2v) is 6.91. The molecule has 0 bridgehead atoms. The van der Waals surface area contributed by atoms with Crippen LogP contribution in [0.4, 0.5) is 5.69 Å². The maximum atomic E-state index is 12.0. The first-order valence-electron chi connectivity index (χ1n) is 8.88. The van der Waals surface area contributed by atoms with E-state index < -0.39 is 11.8 Å². The van der Waals surface area contributed by atoms with Crippen LogP contribution in [0.15, 0.2) is 77.9 Å². The smallest absolute Gasteiger partial charge is 0.329 e. The van der Waals surface area contributed by atoms with Crippen molar-refractivity contribution < 1.29 is 14.3 Å². The molecule has 0 heterocycles. The van der Waals surface area contributed by atoms with Crippen molar-refractivity contribution in [2.24, 2.45) is 5.10 Å². The van der Waals surface area contributed by atoms with Crippen molar-refractivity contribution in [3.8, 4) is 5.75 Å². The highest BCUT2D eigenvalue weighted by molar-refractivity contribution is 6.42. The van der Waals surface area contributed by atoms with E-state index >= 15 is 0 Å². The van der Waals surface area contributed by atoms with Gasteiger partial charge in [-0.15, -0.1) is 0 Å². The third kappa shape index (κ3) is 6.07. The van der Waals surface area contributed by atoms with E-state index in [4.69, 9.17) is 27.9 Å². The first-order chi connectivity index (χ1) is 14.5. The quantitative estimate of drug-likeness (QED) is 0.331. The van der Waals surface area contributed by atoms with Crippen molar-refractivity contribution in [1.29, 1.82) is 0 Å². The largest absolute Gasteiger partial charge is 0.488 e. The van der Waals surface area contributed by atoms with Gasteiger partial charge in [0.05, 0.1) is 16.3 Å². The number of nitrogens with one attached hydrogen (secondary N) is 2. The van der Waals surface area contributed by atoms with E-state index in [0.29, 0.717) is 28.6 Å². The second kappa shape index (κ2) is 10.4. The number of hydrogen-bond acceptors (Lipinski definition) is 4. The number of benzene rings is 3. The Morgan fingerprint density at radius 2 is 1.63 bits per heavy atom. The first kappa shape index (κ1) is 21.4. The highest BCUT2D eigenvalue weighted by Gasteiger charge is 2.13. The minimum Gasteiger partial charge on any atom is -0.488 e. The molecule has 30 heavy (non-hydrogen) atoms. The number of carbonyl (C=O) groups excluding carboxylic acids is 2. The topological polar surface area (TPSA) is 79.8 Å². The van der Waals surface area contributed by atoms with Gasteiger partial charge in [0.25, 0.3) is 0 Å². The molecule has 0 saturated carbocycles. The highest BCUT2D eigenvalue weighted by Crippen LogP contribution is 2.25. The lowest BCUT2D eigenvalue weighted by molar-refractivity contribution is -0.136. The number of nitrogens with zero attached hydrogens (tertiary/aromatic N) is 1. The molecule has 0 spiro atoms. The summed E-state index contributed by atoms with van der Waals surface area (Å²) in [5.74, 6) is -1.22. The van der Waals surface area contributed by atoms with Gasteiger partial charge in [-0.05, 0) is 35.9 Å². The summed E-state index contributed by atoms with van der Waals surface area (Å²) in [5.41, 5.74) is 4.20. The van der Waals surface area contributed by atoms with Gasteiger partial charge in [0.2, 0.25) is 0 Å². The minimum absolute atomic E-state index is 0.264. The van der Waals surface area contributed by atoms with Gasteiger partial charge in [-0.25, -0.2) is 5.43 Å². The van der Waals surface area contributed by atoms with E-state index in [0.717, 1.165) is 5.56 Å². The standard InChI is InChI=1S/C22H17Cl2N3O3/c23-18-11-10-17(12-19(18)24)26-21(28)22(29)27-25-13-16-8-4-5-9-20(16)30-14-15-6-2-1-3-7-15/h1-13H,14H2,(H,26,28)(H,27,29). The molecule has 152 valence electrons. The normalized spacial score (nSPS) is 10.6. The van der Waals surface area contributed by atoms with Crippen molar-refractivity contribution in [2.75, 3.05) is 5.32 Å². The number of para-hydroxylation sites is 1. The number of halogens is 2. The highest BCUT2D eigenvalue weighted by atomic mass is 35.5. The van der Waals surface area contributed by atoms with Crippen LogP contribution < -0.4 is 15.5 Å². The maximum absolute atomic E-state index is 12.0. The number of hydrazone groups is 1. The zero-order chi connectivity index (χ0) is 21.3. The molecule has 3 rings (SSSR count). The lowest BCUT2D eigenvalue weighted by Crippen LogP contribution is -2.32. The van der Waals surface area contributed by atoms with Gasteiger partial charge in [0.1, 0.15) is 12.4 Å². The first-order valence-corrected chi connectivity index (χ1v) is 9.64. The fraction of sp³-hybridized carbons (Fsp3) is 0.0455. The van der Waals surface area contributed by atoms with Crippen LogP contribution in [0.25, 0.3) is 0 Å². The van der Waals surface area contributed by atoms with Crippen molar-refractivity contribution in [1.82, 2.24) is 5.43 Å². The van der Waals surface area contributed by atoms with Crippen LogP contribution in [0.1, 0.15) is 11.1 Å². The summed E-state index contributed by atoms with van der Waals surface area (Å²) in [6.45, 7) is 0.393. The Hall–Kier alpha value is -3.35. The lowest BCUT2D eigenvalue weighted by Gasteiger charge is -2.09. The molecule has 2 amide bonds. The van der Waals surface area contributed by atoms with Gasteiger partial charge in [0, 0.05) is 11.3 Å². The van der Waals surface area contributed by atoms with Crippen LogP contribution in [-0.2, 0) is 16.2 Å². The SMILES string of the molecule is O=C(NN=Cc1ccccc1OCc1ccccc1)C(=O)Nc1ccc(Cl)c(Cl)c1. The summed E-state index contributed by atoms with van der Waals surface area (Å²) in [5, 5.41) is 6.86. The molecule has 0 radical (unpaired) electrons. The Morgan fingerprint density at radius 3 is 2.40 bits per heavy atom. The molecule has 3 aromatic carbocycles. The maximum Gasteiger partial charge on any atom is 0.329 e. The molecule has 0 fully saturated rings. The molecule has 3 aromatic rings. The van der Waals surface area contributed by atoms with E-state index in [9.17, 15) is 9.59 Å². The van der Waals surface area contributed by atoms with Crippen molar-refractivity contribution in [3.63, 3.8) is 0 Å². The molecule has 6 nitrogen and oxygen atoms in total. The van der Waals surface area contributed by atoms with Gasteiger partial charge in [-0.1, -0.05) is 65.7 Å². The molecular formula is C22H17Cl2N3O3. The predicted octanol–water partition coefficient (Wildman–Crippen LogP) is 4.66. The molecule has 0 aliphatic heterocycles. The Labute approximate surface area is 183 Å². The molecule has 0 aliphatic rings. The summed E-state index contributed by atoms with van der Waals surface area (Å²) in [6.07, 6.45) is 1.41. The van der Waals surface area contributed by atoms with Gasteiger partial charge in [-0.2, -0.15) is 5.10 Å². The monoisotopic (exact) mass is 441 g/mol. The average Bonchev–Trinajstić information content (AvgIpc) is 2.76. The number of ether oxygens (including phenoxy) is 1. The summed E-state index contributed by atoms with van der Waals surface area (Å²) in [7, 11) is 0. The third-order valence-corrected chi connectivity index (χ3v) is 4.65. The van der Waals surface area contributed by atoms with Crippen LogP contribution in [0.2, 0.25) is 10.0 Å². The molecule has 2 N–H and O–H groups in total. The van der Waals surface area contributed by atoms with Crippen LogP contribution >= 0.6 is 23.2 Å². The van der Waals surface area contributed by atoms with Crippen molar-refractivity contribution in [3.05, 3.63) is 94.0 Å². The van der Waals surface area contributed by atoms with Gasteiger partial charge in [-0.3, -0.25) is 9.59 Å². The van der Waals surface area contributed by atoms with Crippen LogP contribution in [-0.4, -0.2) is 18.0 Å². The van der Waals surface area contributed by atoms with E-state index in [1.807, 2.05) is 42.5 Å². The number of carbonyl (C=O) groups is 2. The Kier molecular flexibility index (Phi) is 7.43. The minimum atomic E-state index is -0.931. The van der Waals surface area contributed by atoms with Gasteiger partial charge >= 0.3 is 11.8 Å². The van der Waals surface area contributed by atoms with E-state index in [2.05, 4.69) is 15.8 Å². The van der Waals surface area contributed by atoms with Crippen LogP contribution in [0.3, 0.4) is 0 Å². The molecular weight excluding hydrogens is 425 g/mol.